The van der Waals surface area contributed by atoms with Crippen molar-refractivity contribution in [3.8, 4) is 0 Å². The van der Waals surface area contributed by atoms with Crippen LogP contribution in [0.1, 0.15) is 54.4 Å². The lowest BCUT2D eigenvalue weighted by molar-refractivity contribution is 0.0292. The molecular weight excluding hydrogens is 342 g/mol. The van der Waals surface area contributed by atoms with Gasteiger partial charge in [0.25, 0.3) is 0 Å². The van der Waals surface area contributed by atoms with Gasteiger partial charge in [0.05, 0.1) is 5.92 Å². The molecule has 3 N–H and O–H groups in total. The Labute approximate surface area is 163 Å². The van der Waals surface area contributed by atoms with Crippen LogP contribution in [-0.4, -0.2) is 60.0 Å². The number of nitrogens with one attached hydrogen (secondary N) is 3. The van der Waals surface area contributed by atoms with E-state index in [-0.39, 0.29) is 12.1 Å². The molecule has 152 valence electrons. The molecule has 1 rings (SSSR count). The third-order valence-corrected chi connectivity index (χ3v) is 4.41. The Kier molecular flexibility index (Phi) is 8.19. The zero-order valence-electron chi connectivity index (χ0n) is 17.8. The van der Waals surface area contributed by atoms with E-state index in [4.69, 9.17) is 15.6 Å². The first-order chi connectivity index (χ1) is 12.5. The first-order valence-corrected chi connectivity index (χ1v) is 9.50. The molecular formula is C20H35N5O2. The van der Waals surface area contributed by atoms with Crippen molar-refractivity contribution in [2.24, 2.45) is 10.9 Å². The summed E-state index contributed by atoms with van der Waals surface area (Å²) in [7, 11) is 1.67. The summed E-state index contributed by atoms with van der Waals surface area (Å²) < 4.78 is 5.43. The van der Waals surface area contributed by atoms with Crippen LogP contribution >= 0.6 is 0 Å². The third kappa shape index (κ3) is 7.15. The fourth-order valence-corrected chi connectivity index (χ4v) is 2.89. The van der Waals surface area contributed by atoms with Crippen LogP contribution in [0, 0.1) is 16.7 Å². The summed E-state index contributed by atoms with van der Waals surface area (Å²) in [6.45, 7) is 12.4. The molecule has 1 aliphatic rings. The number of amides is 1. The van der Waals surface area contributed by atoms with Gasteiger partial charge in [-0.05, 0) is 53.5 Å². The fourth-order valence-electron chi connectivity index (χ4n) is 2.89. The molecule has 0 aromatic carbocycles. The molecule has 1 aliphatic heterocycles. The molecule has 1 heterocycles. The molecule has 0 radical (unpaired) electrons. The largest absolute Gasteiger partial charge is 0.444 e. The number of carbonyl (C=O) groups excluding carboxylic acids is 1. The molecule has 1 saturated heterocycles. The van der Waals surface area contributed by atoms with Crippen molar-refractivity contribution in [2.75, 3.05) is 20.1 Å². The highest BCUT2D eigenvalue weighted by Crippen LogP contribution is 2.17. The fraction of sp³-hybridized carbons (Fsp3) is 0.700. The van der Waals surface area contributed by atoms with Crippen LogP contribution in [0.3, 0.4) is 0 Å². The average molecular weight is 378 g/mol. The number of amidine groups is 1. The van der Waals surface area contributed by atoms with E-state index in [0.717, 1.165) is 18.4 Å². The molecule has 1 amide bonds. The van der Waals surface area contributed by atoms with E-state index in [9.17, 15) is 4.79 Å². The monoisotopic (exact) mass is 377 g/mol. The summed E-state index contributed by atoms with van der Waals surface area (Å²) in [5.74, 6) is 0.107. The van der Waals surface area contributed by atoms with Crippen molar-refractivity contribution in [3.63, 3.8) is 0 Å². The molecule has 0 bridgehead atoms. The van der Waals surface area contributed by atoms with Gasteiger partial charge in [-0.2, -0.15) is 0 Å². The van der Waals surface area contributed by atoms with Gasteiger partial charge >= 0.3 is 6.09 Å². The van der Waals surface area contributed by atoms with Crippen molar-refractivity contribution in [3.05, 3.63) is 11.6 Å². The predicted molar refractivity (Wildman–Crippen MR) is 111 cm³/mol. The van der Waals surface area contributed by atoms with E-state index in [1.54, 1.807) is 18.9 Å². The number of hydrogen-bond acceptors (Lipinski definition) is 5. The smallest absolute Gasteiger partial charge is 0.410 e. The number of carbonyl (C=O) groups is 1. The topological polar surface area (TPSA) is 102 Å². The predicted octanol–water partition coefficient (Wildman–Crippen LogP) is 3.65. The first-order valence-electron chi connectivity index (χ1n) is 9.50. The van der Waals surface area contributed by atoms with Gasteiger partial charge in [0, 0.05) is 37.6 Å². The number of aliphatic imine (C=N–C) groups is 1. The van der Waals surface area contributed by atoms with Gasteiger partial charge in [0.1, 0.15) is 11.4 Å². The first kappa shape index (κ1) is 22.9. The van der Waals surface area contributed by atoms with E-state index in [0.29, 0.717) is 30.3 Å². The van der Waals surface area contributed by atoms with Crippen molar-refractivity contribution in [1.29, 1.82) is 10.8 Å². The van der Waals surface area contributed by atoms with E-state index in [1.807, 2.05) is 40.7 Å². The van der Waals surface area contributed by atoms with Crippen molar-refractivity contribution >= 4 is 23.4 Å². The lowest BCUT2D eigenvalue weighted by Crippen LogP contribution is -2.45. The van der Waals surface area contributed by atoms with Crippen LogP contribution in [0.5, 0.6) is 0 Å². The Morgan fingerprint density at radius 2 is 2.00 bits per heavy atom. The van der Waals surface area contributed by atoms with Gasteiger partial charge in [-0.1, -0.05) is 12.5 Å². The minimum atomic E-state index is -0.514. The Bertz CT molecular complexity index is 631. The summed E-state index contributed by atoms with van der Waals surface area (Å²) in [6, 6.07) is 0.0297. The van der Waals surface area contributed by atoms with Gasteiger partial charge in [-0.25, -0.2) is 4.79 Å². The lowest BCUT2D eigenvalue weighted by atomic mass is 9.94. The van der Waals surface area contributed by atoms with Crippen LogP contribution in [0.4, 0.5) is 4.79 Å². The molecule has 0 aliphatic carbocycles. The molecule has 0 aromatic rings. The summed E-state index contributed by atoms with van der Waals surface area (Å²) in [6.07, 6.45) is 3.15. The Morgan fingerprint density at radius 1 is 1.37 bits per heavy atom. The van der Waals surface area contributed by atoms with Crippen molar-refractivity contribution in [1.82, 2.24) is 10.2 Å². The molecule has 0 aromatic heterocycles. The van der Waals surface area contributed by atoms with Gasteiger partial charge in [-0.15, -0.1) is 0 Å². The highest BCUT2D eigenvalue weighted by molar-refractivity contribution is 6.24. The summed E-state index contributed by atoms with van der Waals surface area (Å²) >= 11 is 0. The van der Waals surface area contributed by atoms with Crippen LogP contribution < -0.4 is 5.32 Å². The van der Waals surface area contributed by atoms with Crippen LogP contribution in [0.25, 0.3) is 0 Å². The highest BCUT2D eigenvalue weighted by Gasteiger charge is 2.32. The SMILES string of the molecule is CC/C(C)=C/C(=N)C(C(C)=N)C(=NC)NC1CCN(C(=O)OC(C)(C)C)C1. The molecule has 7 heteroatoms. The summed E-state index contributed by atoms with van der Waals surface area (Å²) in [4.78, 5) is 18.2. The van der Waals surface area contributed by atoms with E-state index >= 15 is 0 Å². The van der Waals surface area contributed by atoms with Gasteiger partial charge in [0.2, 0.25) is 0 Å². The van der Waals surface area contributed by atoms with E-state index < -0.39 is 11.5 Å². The second-order valence-corrected chi connectivity index (χ2v) is 8.08. The highest BCUT2D eigenvalue weighted by atomic mass is 16.6. The zero-order valence-corrected chi connectivity index (χ0v) is 17.8. The van der Waals surface area contributed by atoms with Gasteiger partial charge in [0.15, 0.2) is 0 Å². The normalized spacial score (nSPS) is 19.7. The minimum Gasteiger partial charge on any atom is -0.444 e. The third-order valence-electron chi connectivity index (χ3n) is 4.41. The molecule has 0 saturated carbocycles. The molecule has 0 spiro atoms. The maximum atomic E-state index is 12.2. The van der Waals surface area contributed by atoms with Gasteiger partial charge < -0.3 is 25.8 Å². The second kappa shape index (κ2) is 9.67. The van der Waals surface area contributed by atoms with E-state index in [1.165, 1.54) is 0 Å². The summed E-state index contributed by atoms with van der Waals surface area (Å²) in [5.41, 5.74) is 1.31. The minimum absolute atomic E-state index is 0.0297. The Balaban J connectivity index is 2.81. The number of likely N-dealkylation sites (tertiary alicyclic amines) is 1. The Morgan fingerprint density at radius 3 is 2.48 bits per heavy atom. The molecule has 2 unspecified atom stereocenters. The maximum Gasteiger partial charge on any atom is 0.410 e. The quantitative estimate of drug-likeness (QED) is 0.486. The number of ether oxygens (including phenoxy) is 1. The molecule has 7 nitrogen and oxygen atoms in total. The molecule has 1 fully saturated rings. The van der Waals surface area contributed by atoms with Crippen molar-refractivity contribution < 1.29 is 9.53 Å². The van der Waals surface area contributed by atoms with Crippen molar-refractivity contribution in [2.45, 2.75) is 66.0 Å². The zero-order chi connectivity index (χ0) is 20.8. The summed E-state index contributed by atoms with van der Waals surface area (Å²) in [5, 5.41) is 19.9. The Hall–Kier alpha value is -2.18. The molecule has 27 heavy (non-hydrogen) atoms. The second-order valence-electron chi connectivity index (χ2n) is 8.08. The van der Waals surface area contributed by atoms with Crippen LogP contribution in [0.2, 0.25) is 0 Å². The van der Waals surface area contributed by atoms with Gasteiger partial charge in [-0.3, -0.25) is 4.99 Å². The van der Waals surface area contributed by atoms with Crippen LogP contribution in [-0.2, 0) is 4.74 Å². The number of hydrogen-bond donors (Lipinski definition) is 3. The van der Waals surface area contributed by atoms with E-state index in [2.05, 4.69) is 10.3 Å². The molecule has 2 atom stereocenters. The average Bonchev–Trinajstić information content (AvgIpc) is 3.00. The number of nitrogens with zero attached hydrogens (tertiary/aromatic N) is 2. The van der Waals surface area contributed by atoms with Crippen LogP contribution in [0.15, 0.2) is 16.6 Å². The lowest BCUT2D eigenvalue weighted by Gasteiger charge is -2.25. The number of rotatable bonds is 6. The standard InChI is InChI=1S/C20H35N5O2/c1-8-13(2)11-16(22)17(14(3)21)18(23-7)24-15-9-10-25(12-15)19(26)27-20(4,5)6/h11,15,17,21-22H,8-10,12H2,1-7H3,(H,23,24)/b13-11+,21-14?,22-16?. The number of allylic oxidation sites excluding steroid dienone is 2. The maximum absolute atomic E-state index is 12.2.